The Hall–Kier alpha value is -2.12. The number of hydrogen-bond donors (Lipinski definition) is 1. The van der Waals surface area contributed by atoms with Crippen molar-refractivity contribution in [3.05, 3.63) is 53.5 Å². The number of benzene rings is 1. The van der Waals surface area contributed by atoms with Gasteiger partial charge in [-0.25, -0.2) is 8.42 Å². The lowest BCUT2D eigenvalue weighted by Crippen LogP contribution is -2.31. The van der Waals surface area contributed by atoms with Crippen molar-refractivity contribution in [3.8, 4) is 0 Å². The van der Waals surface area contributed by atoms with Gasteiger partial charge in [-0.2, -0.15) is 4.31 Å². The first-order valence-electron chi connectivity index (χ1n) is 8.27. The van der Waals surface area contributed by atoms with Crippen LogP contribution in [0.3, 0.4) is 0 Å². The number of nitrogens with zero attached hydrogens (tertiary/aromatic N) is 1. The molecule has 1 N–H and O–H groups in total. The van der Waals surface area contributed by atoms with E-state index in [4.69, 9.17) is 4.42 Å². The summed E-state index contributed by atoms with van der Waals surface area (Å²) in [5, 5.41) is 2.82. The Balaban J connectivity index is 2.22. The number of sulfonamides is 1. The average Bonchev–Trinajstić information content (AvgIpc) is 3.02. The van der Waals surface area contributed by atoms with Crippen molar-refractivity contribution in [1.82, 2.24) is 9.62 Å². The van der Waals surface area contributed by atoms with Gasteiger partial charge in [-0.05, 0) is 44.2 Å². The summed E-state index contributed by atoms with van der Waals surface area (Å²) >= 11 is 0. The Morgan fingerprint density at radius 2 is 1.88 bits per heavy atom. The number of rotatable bonds is 7. The minimum absolute atomic E-state index is 0.116. The van der Waals surface area contributed by atoms with E-state index < -0.39 is 10.0 Å². The maximum Gasteiger partial charge on any atom is 0.251 e. The number of nitrogens with one attached hydrogen (secondary N) is 1. The summed E-state index contributed by atoms with van der Waals surface area (Å²) in [5.74, 6) is 1.07. The quantitative estimate of drug-likeness (QED) is 0.819. The zero-order valence-corrected chi connectivity index (χ0v) is 15.8. The van der Waals surface area contributed by atoms with E-state index in [2.05, 4.69) is 5.32 Å². The van der Waals surface area contributed by atoms with Crippen molar-refractivity contribution < 1.29 is 17.6 Å². The number of furan rings is 1. The van der Waals surface area contributed by atoms with Crippen molar-refractivity contribution in [2.24, 2.45) is 0 Å². The summed E-state index contributed by atoms with van der Waals surface area (Å²) in [6.07, 6.45) is 0. The second-order valence-electron chi connectivity index (χ2n) is 5.76. The van der Waals surface area contributed by atoms with Crippen molar-refractivity contribution in [3.63, 3.8) is 0 Å². The van der Waals surface area contributed by atoms with E-state index in [0.717, 1.165) is 5.76 Å². The zero-order valence-electron chi connectivity index (χ0n) is 14.9. The Labute approximate surface area is 148 Å². The Morgan fingerprint density at radius 1 is 1.20 bits per heavy atom. The molecule has 6 nitrogen and oxygen atoms in total. The molecule has 2 aromatic rings. The van der Waals surface area contributed by atoms with Gasteiger partial charge in [0.2, 0.25) is 10.0 Å². The molecule has 1 atom stereocenters. The maximum absolute atomic E-state index is 12.6. The second kappa shape index (κ2) is 7.84. The minimum atomic E-state index is -3.60. The topological polar surface area (TPSA) is 79.6 Å². The Bertz CT molecular complexity index is 838. The molecule has 0 aliphatic carbocycles. The molecule has 1 amide bonds. The molecular formula is C18H24N2O4S. The first-order valence-corrected chi connectivity index (χ1v) is 9.71. The van der Waals surface area contributed by atoms with Gasteiger partial charge >= 0.3 is 0 Å². The molecule has 0 saturated carbocycles. The smallest absolute Gasteiger partial charge is 0.251 e. The van der Waals surface area contributed by atoms with E-state index in [0.29, 0.717) is 24.4 Å². The van der Waals surface area contributed by atoms with Crippen LogP contribution in [0.2, 0.25) is 0 Å². The van der Waals surface area contributed by atoms with Crippen molar-refractivity contribution in [2.75, 3.05) is 13.1 Å². The van der Waals surface area contributed by atoms with E-state index in [1.807, 2.05) is 26.0 Å². The van der Waals surface area contributed by atoms with Crippen LogP contribution >= 0.6 is 0 Å². The van der Waals surface area contributed by atoms with Crippen molar-refractivity contribution in [1.29, 1.82) is 0 Å². The SMILES string of the molecule is CCN(CC)S(=O)(=O)c1cccc(C(=O)NC(C)c2ccc(C)o2)c1. The summed E-state index contributed by atoms with van der Waals surface area (Å²) < 4.78 is 32.1. The Morgan fingerprint density at radius 3 is 2.44 bits per heavy atom. The summed E-state index contributed by atoms with van der Waals surface area (Å²) in [6.45, 7) is 7.97. The number of hydrogen-bond acceptors (Lipinski definition) is 4. The van der Waals surface area contributed by atoms with Gasteiger partial charge < -0.3 is 9.73 Å². The lowest BCUT2D eigenvalue weighted by atomic mass is 10.2. The predicted molar refractivity (Wildman–Crippen MR) is 95.9 cm³/mol. The molecule has 25 heavy (non-hydrogen) atoms. The molecule has 0 aliphatic rings. The van der Waals surface area contributed by atoms with E-state index >= 15 is 0 Å². The summed E-state index contributed by atoms with van der Waals surface area (Å²) in [4.78, 5) is 12.6. The number of carbonyl (C=O) groups excluding carboxylic acids is 1. The third-order valence-electron chi connectivity index (χ3n) is 3.97. The van der Waals surface area contributed by atoms with Crippen LogP contribution in [0, 0.1) is 6.92 Å². The Kier molecular flexibility index (Phi) is 6.02. The van der Waals surface area contributed by atoms with Gasteiger partial charge in [-0.1, -0.05) is 19.9 Å². The molecule has 0 aliphatic heterocycles. The molecule has 1 aromatic carbocycles. The third-order valence-corrected chi connectivity index (χ3v) is 6.02. The highest BCUT2D eigenvalue weighted by atomic mass is 32.2. The standard InChI is InChI=1S/C18H24N2O4S/c1-5-20(6-2)25(22,23)16-9-7-8-15(12-16)18(21)19-14(4)17-11-10-13(3)24-17/h7-12,14H,5-6H2,1-4H3,(H,19,21). The van der Waals surface area contributed by atoms with Crippen molar-refractivity contribution >= 4 is 15.9 Å². The molecule has 1 aromatic heterocycles. The number of amides is 1. The molecular weight excluding hydrogens is 340 g/mol. The van der Waals surface area contributed by atoms with Gasteiger partial charge in [0.25, 0.3) is 5.91 Å². The molecule has 0 fully saturated rings. The van der Waals surface area contributed by atoms with Gasteiger partial charge in [0, 0.05) is 18.7 Å². The molecule has 0 spiro atoms. The molecule has 1 unspecified atom stereocenters. The van der Waals surface area contributed by atoms with Crippen LogP contribution in [0.5, 0.6) is 0 Å². The summed E-state index contributed by atoms with van der Waals surface area (Å²) in [5.41, 5.74) is 0.295. The van der Waals surface area contributed by atoms with Gasteiger partial charge in [0.05, 0.1) is 10.9 Å². The van der Waals surface area contributed by atoms with E-state index in [1.54, 1.807) is 26.0 Å². The fourth-order valence-electron chi connectivity index (χ4n) is 2.55. The fourth-order valence-corrected chi connectivity index (χ4v) is 4.05. The highest BCUT2D eigenvalue weighted by molar-refractivity contribution is 7.89. The third kappa shape index (κ3) is 4.29. The monoisotopic (exact) mass is 364 g/mol. The normalized spacial score (nSPS) is 13.0. The number of carbonyl (C=O) groups is 1. The maximum atomic E-state index is 12.6. The molecule has 0 bridgehead atoms. The van der Waals surface area contributed by atoms with Crippen LogP contribution in [-0.2, 0) is 10.0 Å². The predicted octanol–water partition coefficient (Wildman–Crippen LogP) is 3.11. The van der Waals surface area contributed by atoms with Crippen LogP contribution in [0.1, 0.15) is 48.7 Å². The molecule has 136 valence electrons. The van der Waals surface area contributed by atoms with Crippen LogP contribution < -0.4 is 5.32 Å². The van der Waals surface area contributed by atoms with Crippen LogP contribution in [0.4, 0.5) is 0 Å². The fraction of sp³-hybridized carbons (Fsp3) is 0.389. The van der Waals surface area contributed by atoms with Gasteiger partial charge in [0.1, 0.15) is 11.5 Å². The molecule has 0 radical (unpaired) electrons. The van der Waals surface area contributed by atoms with E-state index in [9.17, 15) is 13.2 Å². The largest absolute Gasteiger partial charge is 0.464 e. The molecule has 1 heterocycles. The average molecular weight is 364 g/mol. The van der Waals surface area contributed by atoms with Gasteiger partial charge in [-0.3, -0.25) is 4.79 Å². The second-order valence-corrected chi connectivity index (χ2v) is 7.70. The number of aryl methyl sites for hydroxylation is 1. The van der Waals surface area contributed by atoms with Gasteiger partial charge in [-0.15, -0.1) is 0 Å². The lowest BCUT2D eigenvalue weighted by Gasteiger charge is -2.19. The summed E-state index contributed by atoms with van der Waals surface area (Å²) in [7, 11) is -3.60. The molecule has 7 heteroatoms. The summed E-state index contributed by atoms with van der Waals surface area (Å²) in [6, 6.07) is 9.40. The van der Waals surface area contributed by atoms with Crippen LogP contribution in [0.15, 0.2) is 45.7 Å². The highest BCUT2D eigenvalue weighted by Crippen LogP contribution is 2.19. The minimum Gasteiger partial charge on any atom is -0.464 e. The van der Waals surface area contributed by atoms with Gasteiger partial charge in [0.15, 0.2) is 0 Å². The molecule has 0 saturated heterocycles. The first kappa shape index (κ1) is 19.2. The van der Waals surface area contributed by atoms with E-state index in [-0.39, 0.29) is 16.8 Å². The van der Waals surface area contributed by atoms with E-state index in [1.165, 1.54) is 16.4 Å². The first-order chi connectivity index (χ1) is 11.8. The van der Waals surface area contributed by atoms with Crippen LogP contribution in [0.25, 0.3) is 0 Å². The van der Waals surface area contributed by atoms with Crippen molar-refractivity contribution in [2.45, 2.75) is 38.6 Å². The van der Waals surface area contributed by atoms with Crippen LogP contribution in [-0.4, -0.2) is 31.7 Å². The lowest BCUT2D eigenvalue weighted by molar-refractivity contribution is 0.0935. The highest BCUT2D eigenvalue weighted by Gasteiger charge is 2.23. The molecule has 2 rings (SSSR count). The zero-order chi connectivity index (χ0) is 18.6.